The lowest BCUT2D eigenvalue weighted by atomic mass is 10.3. The number of para-hydroxylation sites is 2. The van der Waals surface area contributed by atoms with Crippen LogP contribution in [0.5, 0.6) is 5.75 Å². The average molecular weight is 319 g/mol. The van der Waals surface area contributed by atoms with Crippen molar-refractivity contribution >= 4 is 34.8 Å². The number of amides is 2. The van der Waals surface area contributed by atoms with Crippen molar-refractivity contribution in [2.24, 2.45) is 0 Å². The van der Waals surface area contributed by atoms with Gasteiger partial charge in [0.2, 0.25) is 0 Å². The molecule has 0 spiro atoms. The van der Waals surface area contributed by atoms with Crippen LogP contribution < -0.4 is 15.4 Å². The third-order valence-electron chi connectivity index (χ3n) is 2.74. The minimum absolute atomic E-state index is 0.445. The molecule has 2 aromatic carbocycles. The summed E-state index contributed by atoms with van der Waals surface area (Å²) >= 11 is 5.76. The summed E-state index contributed by atoms with van der Waals surface area (Å²) in [7, 11) is 0. The van der Waals surface area contributed by atoms with E-state index in [1.165, 1.54) is 0 Å². The summed E-state index contributed by atoms with van der Waals surface area (Å²) in [6, 6.07) is 13.4. The minimum Gasteiger partial charge on any atom is -0.492 e. The molecule has 2 N–H and O–H groups in total. The number of ether oxygens (including phenoxy) is 1. The summed E-state index contributed by atoms with van der Waals surface area (Å²) in [5, 5.41) is 5.56. The Bertz CT molecular complexity index is 671. The van der Waals surface area contributed by atoms with Gasteiger partial charge < -0.3 is 15.4 Å². The van der Waals surface area contributed by atoms with E-state index in [9.17, 15) is 9.59 Å². The Hall–Kier alpha value is -2.53. The molecule has 0 bridgehead atoms. The molecule has 0 saturated heterocycles. The second kappa shape index (κ2) is 7.47. The van der Waals surface area contributed by atoms with Crippen molar-refractivity contribution in [1.29, 1.82) is 0 Å². The van der Waals surface area contributed by atoms with Gasteiger partial charge in [0.15, 0.2) is 0 Å². The fourth-order valence-electron chi connectivity index (χ4n) is 1.75. The van der Waals surface area contributed by atoms with E-state index in [1.807, 2.05) is 6.92 Å². The summed E-state index contributed by atoms with van der Waals surface area (Å²) in [4.78, 5) is 23.8. The first-order valence-corrected chi connectivity index (χ1v) is 7.07. The van der Waals surface area contributed by atoms with E-state index in [0.717, 1.165) is 0 Å². The van der Waals surface area contributed by atoms with E-state index in [1.54, 1.807) is 48.5 Å². The predicted molar refractivity (Wildman–Crippen MR) is 86.3 cm³/mol. The molecule has 0 heterocycles. The van der Waals surface area contributed by atoms with Crippen LogP contribution >= 0.6 is 11.6 Å². The zero-order chi connectivity index (χ0) is 15.9. The van der Waals surface area contributed by atoms with Gasteiger partial charge in [0, 0.05) is 10.7 Å². The number of hydrogen-bond acceptors (Lipinski definition) is 3. The van der Waals surface area contributed by atoms with Crippen LogP contribution in [-0.4, -0.2) is 18.4 Å². The number of rotatable bonds is 4. The summed E-state index contributed by atoms with van der Waals surface area (Å²) in [6.45, 7) is 2.30. The number of hydrogen-bond donors (Lipinski definition) is 2. The van der Waals surface area contributed by atoms with Gasteiger partial charge in [0.25, 0.3) is 0 Å². The second-order valence-corrected chi connectivity index (χ2v) is 4.78. The van der Waals surface area contributed by atoms with Gasteiger partial charge in [-0.3, -0.25) is 9.59 Å². The quantitative estimate of drug-likeness (QED) is 0.850. The summed E-state index contributed by atoms with van der Waals surface area (Å²) < 4.78 is 5.39. The molecule has 0 radical (unpaired) electrons. The van der Waals surface area contributed by atoms with Crippen molar-refractivity contribution < 1.29 is 14.3 Å². The fraction of sp³-hybridized carbons (Fsp3) is 0.125. The molecule has 2 amide bonds. The highest BCUT2D eigenvalue weighted by molar-refractivity contribution is 6.43. The zero-order valence-electron chi connectivity index (χ0n) is 11.9. The van der Waals surface area contributed by atoms with Gasteiger partial charge in [-0.2, -0.15) is 0 Å². The molecule has 6 heteroatoms. The van der Waals surface area contributed by atoms with E-state index in [2.05, 4.69) is 10.6 Å². The maximum Gasteiger partial charge on any atom is 0.314 e. The van der Waals surface area contributed by atoms with Crippen molar-refractivity contribution in [3.8, 4) is 5.75 Å². The minimum atomic E-state index is -0.776. The predicted octanol–water partition coefficient (Wildman–Crippen LogP) is 3.32. The normalized spacial score (nSPS) is 9.91. The molecule has 114 valence electrons. The summed E-state index contributed by atoms with van der Waals surface area (Å²) in [6.07, 6.45) is 0. The lowest BCUT2D eigenvalue weighted by Crippen LogP contribution is -2.29. The zero-order valence-corrected chi connectivity index (χ0v) is 12.7. The van der Waals surface area contributed by atoms with Crippen molar-refractivity contribution in [2.45, 2.75) is 6.92 Å². The molecule has 22 heavy (non-hydrogen) atoms. The highest BCUT2D eigenvalue weighted by Gasteiger charge is 2.15. The van der Waals surface area contributed by atoms with Gasteiger partial charge in [0.05, 0.1) is 12.3 Å². The van der Waals surface area contributed by atoms with E-state index in [-0.39, 0.29) is 0 Å². The molecule has 0 atom stereocenters. The highest BCUT2D eigenvalue weighted by Crippen LogP contribution is 2.23. The Morgan fingerprint density at radius 2 is 1.64 bits per heavy atom. The maximum atomic E-state index is 11.9. The Kier molecular flexibility index (Phi) is 5.38. The van der Waals surface area contributed by atoms with Gasteiger partial charge in [-0.15, -0.1) is 0 Å². The summed E-state index contributed by atoms with van der Waals surface area (Å²) in [5.41, 5.74) is 0.934. The first-order chi connectivity index (χ1) is 10.6. The van der Waals surface area contributed by atoms with E-state index in [0.29, 0.717) is 28.8 Å². The molecule has 0 fully saturated rings. The first kappa shape index (κ1) is 15.9. The molecule has 5 nitrogen and oxygen atoms in total. The Labute approximate surface area is 133 Å². The topological polar surface area (TPSA) is 67.4 Å². The smallest absolute Gasteiger partial charge is 0.314 e. The Balaban J connectivity index is 2.02. The van der Waals surface area contributed by atoms with Gasteiger partial charge in [0.1, 0.15) is 5.75 Å². The number of benzene rings is 2. The van der Waals surface area contributed by atoms with Crippen LogP contribution in [0.2, 0.25) is 5.02 Å². The molecule has 0 aliphatic carbocycles. The number of carbonyl (C=O) groups is 2. The molecule has 2 rings (SSSR count). The lowest BCUT2D eigenvalue weighted by Gasteiger charge is -2.11. The number of nitrogens with one attached hydrogen (secondary N) is 2. The average Bonchev–Trinajstić information content (AvgIpc) is 2.51. The van der Waals surface area contributed by atoms with Crippen LogP contribution in [0.25, 0.3) is 0 Å². The van der Waals surface area contributed by atoms with Crippen molar-refractivity contribution in [3.63, 3.8) is 0 Å². The van der Waals surface area contributed by atoms with E-state index >= 15 is 0 Å². The van der Waals surface area contributed by atoms with Crippen LogP contribution in [0, 0.1) is 0 Å². The Morgan fingerprint density at radius 1 is 1.00 bits per heavy atom. The molecular weight excluding hydrogens is 304 g/mol. The van der Waals surface area contributed by atoms with Crippen molar-refractivity contribution in [1.82, 2.24) is 0 Å². The monoisotopic (exact) mass is 318 g/mol. The lowest BCUT2D eigenvalue weighted by molar-refractivity contribution is -0.133. The number of halogens is 1. The SMILES string of the molecule is CCOc1ccccc1NC(=O)C(=O)Nc1ccc(Cl)cc1. The van der Waals surface area contributed by atoms with E-state index in [4.69, 9.17) is 16.3 Å². The number of anilines is 2. The highest BCUT2D eigenvalue weighted by atomic mass is 35.5. The largest absolute Gasteiger partial charge is 0.492 e. The molecular formula is C16H15ClN2O3. The van der Waals surface area contributed by atoms with Crippen LogP contribution in [0.15, 0.2) is 48.5 Å². The number of carbonyl (C=O) groups excluding carboxylic acids is 2. The van der Waals surface area contributed by atoms with Gasteiger partial charge in [-0.25, -0.2) is 0 Å². The maximum absolute atomic E-state index is 11.9. The Morgan fingerprint density at radius 3 is 2.32 bits per heavy atom. The van der Waals surface area contributed by atoms with Crippen LogP contribution in [0.3, 0.4) is 0 Å². The third kappa shape index (κ3) is 4.23. The standard InChI is InChI=1S/C16H15ClN2O3/c1-2-22-14-6-4-3-5-13(14)19-16(21)15(20)18-12-9-7-11(17)8-10-12/h3-10H,2H2,1H3,(H,18,20)(H,19,21). The van der Waals surface area contributed by atoms with Gasteiger partial charge in [-0.05, 0) is 43.3 Å². The van der Waals surface area contributed by atoms with Gasteiger partial charge in [-0.1, -0.05) is 23.7 Å². The van der Waals surface area contributed by atoms with Gasteiger partial charge >= 0.3 is 11.8 Å². The first-order valence-electron chi connectivity index (χ1n) is 6.70. The van der Waals surface area contributed by atoms with Crippen molar-refractivity contribution in [2.75, 3.05) is 17.2 Å². The molecule has 0 aromatic heterocycles. The molecule has 2 aromatic rings. The third-order valence-corrected chi connectivity index (χ3v) is 3.00. The summed E-state index contributed by atoms with van der Waals surface area (Å²) in [5.74, 6) is -1.03. The fourth-order valence-corrected chi connectivity index (χ4v) is 1.88. The second-order valence-electron chi connectivity index (χ2n) is 4.34. The van der Waals surface area contributed by atoms with Crippen LogP contribution in [0.1, 0.15) is 6.92 Å². The van der Waals surface area contributed by atoms with E-state index < -0.39 is 11.8 Å². The van der Waals surface area contributed by atoms with Crippen LogP contribution in [0.4, 0.5) is 11.4 Å². The molecule has 0 saturated carbocycles. The van der Waals surface area contributed by atoms with Crippen molar-refractivity contribution in [3.05, 3.63) is 53.6 Å². The molecule has 0 aliphatic heterocycles. The molecule has 0 unspecified atom stereocenters. The van der Waals surface area contributed by atoms with Crippen LogP contribution in [-0.2, 0) is 9.59 Å². The molecule has 0 aliphatic rings.